The zero-order valence-electron chi connectivity index (χ0n) is 14.5. The molecule has 0 saturated heterocycles. The molecule has 22 heavy (non-hydrogen) atoms. The maximum absolute atomic E-state index is 12.6. The monoisotopic (exact) mass is 308 g/mol. The Hall–Kier alpha value is -0.570. The van der Waals surface area contributed by atoms with Crippen molar-refractivity contribution < 1.29 is 14.3 Å². The van der Waals surface area contributed by atoms with E-state index in [0.29, 0.717) is 11.8 Å². The van der Waals surface area contributed by atoms with Crippen LogP contribution < -0.4 is 0 Å². The average Bonchev–Trinajstić information content (AvgIpc) is 2.50. The van der Waals surface area contributed by atoms with Crippen LogP contribution in [0, 0.1) is 29.6 Å². The lowest BCUT2D eigenvalue weighted by molar-refractivity contribution is -0.216. The van der Waals surface area contributed by atoms with E-state index in [1.54, 1.807) is 7.11 Å². The van der Waals surface area contributed by atoms with Crippen LogP contribution in [0.25, 0.3) is 0 Å². The molecule has 0 aromatic carbocycles. The van der Waals surface area contributed by atoms with Gasteiger partial charge in [0.1, 0.15) is 5.60 Å². The molecule has 4 aliphatic carbocycles. The van der Waals surface area contributed by atoms with Crippen molar-refractivity contribution in [3.8, 4) is 0 Å². The maximum Gasteiger partial charge on any atom is 0.309 e. The first-order valence-electron chi connectivity index (χ1n) is 9.30. The number of rotatable bonds is 7. The zero-order chi connectivity index (χ0) is 15.7. The van der Waals surface area contributed by atoms with Gasteiger partial charge in [0.25, 0.3) is 0 Å². The number of ether oxygens (including phenoxy) is 2. The van der Waals surface area contributed by atoms with Crippen molar-refractivity contribution >= 4 is 5.97 Å². The highest BCUT2D eigenvalue weighted by molar-refractivity contribution is 5.72. The third-order valence-corrected chi connectivity index (χ3v) is 6.74. The molecule has 0 aromatic rings. The highest BCUT2D eigenvalue weighted by atomic mass is 16.6. The van der Waals surface area contributed by atoms with Crippen molar-refractivity contribution in [3.63, 3.8) is 0 Å². The summed E-state index contributed by atoms with van der Waals surface area (Å²) in [5, 5.41) is 0. The molecule has 3 heteroatoms. The summed E-state index contributed by atoms with van der Waals surface area (Å²) < 4.78 is 11.6. The third-order valence-electron chi connectivity index (χ3n) is 6.74. The lowest BCUT2D eigenvalue weighted by Gasteiger charge is -2.60. The van der Waals surface area contributed by atoms with E-state index in [9.17, 15) is 4.79 Å². The van der Waals surface area contributed by atoms with Gasteiger partial charge in [-0.2, -0.15) is 0 Å². The van der Waals surface area contributed by atoms with E-state index < -0.39 is 0 Å². The van der Waals surface area contributed by atoms with E-state index in [2.05, 4.69) is 6.92 Å². The minimum atomic E-state index is -0.174. The second kappa shape index (κ2) is 6.51. The standard InChI is InChI=1S/C19H32O3/c1-4-13(2)18(20)22-19(6-5-7-21-3)16-9-14-8-15(11-16)12-17(19)10-14/h13-17H,4-12H2,1-3H3. The fourth-order valence-electron chi connectivity index (χ4n) is 5.56. The SMILES string of the molecule is CCC(C)C(=O)OC1(CCCOC)C2CC3CC(C2)CC1C3. The molecule has 4 fully saturated rings. The molecule has 0 amide bonds. The summed E-state index contributed by atoms with van der Waals surface area (Å²) in [6.07, 6.45) is 9.45. The molecule has 3 nitrogen and oxygen atoms in total. The Morgan fingerprint density at radius 3 is 2.23 bits per heavy atom. The summed E-state index contributed by atoms with van der Waals surface area (Å²) in [5.41, 5.74) is -0.174. The molecule has 0 aliphatic heterocycles. The highest BCUT2D eigenvalue weighted by Crippen LogP contribution is 2.61. The molecule has 0 spiro atoms. The third kappa shape index (κ3) is 2.81. The predicted octanol–water partition coefficient (Wildman–Crippen LogP) is 4.20. The topological polar surface area (TPSA) is 35.5 Å². The number of methoxy groups -OCH3 is 1. The first kappa shape index (κ1) is 16.3. The summed E-state index contributed by atoms with van der Waals surface area (Å²) in [6, 6.07) is 0. The van der Waals surface area contributed by atoms with Gasteiger partial charge in [0.2, 0.25) is 0 Å². The first-order chi connectivity index (χ1) is 10.6. The second-order valence-corrected chi connectivity index (χ2v) is 8.09. The molecule has 0 heterocycles. The van der Waals surface area contributed by atoms with Gasteiger partial charge in [-0.1, -0.05) is 13.8 Å². The van der Waals surface area contributed by atoms with Gasteiger partial charge in [-0.05, 0) is 75.0 Å². The van der Waals surface area contributed by atoms with Gasteiger partial charge in [0, 0.05) is 13.7 Å². The molecule has 4 saturated carbocycles. The number of esters is 1. The summed E-state index contributed by atoms with van der Waals surface area (Å²) in [5.74, 6) is 3.08. The van der Waals surface area contributed by atoms with E-state index in [1.165, 1.54) is 32.1 Å². The molecule has 1 atom stereocenters. The quantitative estimate of drug-likeness (QED) is 0.522. The lowest BCUT2D eigenvalue weighted by atomic mass is 9.49. The highest BCUT2D eigenvalue weighted by Gasteiger charge is 2.59. The van der Waals surface area contributed by atoms with Crippen LogP contribution in [0.4, 0.5) is 0 Å². The summed E-state index contributed by atoms with van der Waals surface area (Å²) in [4.78, 5) is 12.6. The van der Waals surface area contributed by atoms with Crippen LogP contribution in [0.3, 0.4) is 0 Å². The van der Waals surface area contributed by atoms with Crippen LogP contribution in [0.1, 0.15) is 65.2 Å². The smallest absolute Gasteiger partial charge is 0.309 e. The fourth-order valence-corrected chi connectivity index (χ4v) is 5.56. The average molecular weight is 308 g/mol. The Balaban J connectivity index is 1.78. The van der Waals surface area contributed by atoms with Crippen LogP contribution >= 0.6 is 0 Å². The Labute approximate surface area is 135 Å². The fraction of sp³-hybridized carbons (Fsp3) is 0.947. The van der Waals surface area contributed by atoms with E-state index in [1.807, 2.05) is 6.92 Å². The van der Waals surface area contributed by atoms with Crippen molar-refractivity contribution in [2.45, 2.75) is 70.8 Å². The minimum absolute atomic E-state index is 0.0245. The van der Waals surface area contributed by atoms with Crippen molar-refractivity contribution in [2.75, 3.05) is 13.7 Å². The first-order valence-corrected chi connectivity index (χ1v) is 9.30. The normalized spacial score (nSPS) is 40.7. The van der Waals surface area contributed by atoms with Gasteiger partial charge in [0.15, 0.2) is 0 Å². The van der Waals surface area contributed by atoms with Crippen molar-refractivity contribution in [2.24, 2.45) is 29.6 Å². The number of carbonyl (C=O) groups excluding carboxylic acids is 1. The molecular formula is C19H32O3. The van der Waals surface area contributed by atoms with Crippen LogP contribution in [-0.4, -0.2) is 25.3 Å². The molecule has 4 rings (SSSR count). The second-order valence-electron chi connectivity index (χ2n) is 8.09. The van der Waals surface area contributed by atoms with Crippen molar-refractivity contribution in [3.05, 3.63) is 0 Å². The van der Waals surface area contributed by atoms with Gasteiger partial charge >= 0.3 is 5.97 Å². The van der Waals surface area contributed by atoms with Crippen LogP contribution in [-0.2, 0) is 14.3 Å². The maximum atomic E-state index is 12.6. The Bertz CT molecular complexity index is 375. The van der Waals surface area contributed by atoms with Gasteiger partial charge in [-0.15, -0.1) is 0 Å². The number of hydrogen-bond donors (Lipinski definition) is 0. The van der Waals surface area contributed by atoms with E-state index in [0.717, 1.165) is 37.7 Å². The molecule has 126 valence electrons. The Morgan fingerprint density at radius 2 is 1.73 bits per heavy atom. The Kier molecular flexibility index (Phi) is 4.82. The molecule has 0 radical (unpaired) electrons. The zero-order valence-corrected chi connectivity index (χ0v) is 14.5. The number of carbonyl (C=O) groups is 1. The molecule has 4 aliphatic rings. The van der Waals surface area contributed by atoms with E-state index in [-0.39, 0.29) is 17.5 Å². The van der Waals surface area contributed by atoms with Crippen LogP contribution in [0.15, 0.2) is 0 Å². The predicted molar refractivity (Wildman–Crippen MR) is 86.4 cm³/mol. The molecular weight excluding hydrogens is 276 g/mol. The van der Waals surface area contributed by atoms with E-state index in [4.69, 9.17) is 9.47 Å². The van der Waals surface area contributed by atoms with E-state index >= 15 is 0 Å². The van der Waals surface area contributed by atoms with Crippen LogP contribution in [0.5, 0.6) is 0 Å². The van der Waals surface area contributed by atoms with Gasteiger partial charge in [-0.3, -0.25) is 4.79 Å². The largest absolute Gasteiger partial charge is 0.458 e. The molecule has 4 bridgehead atoms. The lowest BCUT2D eigenvalue weighted by Crippen LogP contribution is -2.60. The van der Waals surface area contributed by atoms with Crippen molar-refractivity contribution in [1.82, 2.24) is 0 Å². The number of hydrogen-bond acceptors (Lipinski definition) is 3. The van der Waals surface area contributed by atoms with Gasteiger partial charge in [0.05, 0.1) is 5.92 Å². The summed E-state index contributed by atoms with van der Waals surface area (Å²) >= 11 is 0. The van der Waals surface area contributed by atoms with Gasteiger partial charge in [-0.25, -0.2) is 0 Å². The molecule has 0 aromatic heterocycles. The molecule has 0 N–H and O–H groups in total. The van der Waals surface area contributed by atoms with Gasteiger partial charge < -0.3 is 9.47 Å². The van der Waals surface area contributed by atoms with Crippen LogP contribution in [0.2, 0.25) is 0 Å². The Morgan fingerprint density at radius 1 is 1.14 bits per heavy atom. The minimum Gasteiger partial charge on any atom is -0.458 e. The summed E-state index contributed by atoms with van der Waals surface area (Å²) in [6.45, 7) is 4.84. The summed E-state index contributed by atoms with van der Waals surface area (Å²) in [7, 11) is 1.76. The van der Waals surface area contributed by atoms with Crippen molar-refractivity contribution in [1.29, 1.82) is 0 Å². The molecule has 1 unspecified atom stereocenters.